The van der Waals surface area contributed by atoms with Gasteiger partial charge in [0, 0.05) is 36.6 Å². The highest BCUT2D eigenvalue weighted by Crippen LogP contribution is 2.38. The first kappa shape index (κ1) is 24.1. The Morgan fingerprint density at radius 3 is 2.31 bits per heavy atom. The smallest absolute Gasteiger partial charge is 0.381 e. The molecule has 0 bridgehead atoms. The third-order valence-corrected chi connectivity index (χ3v) is 6.39. The molecule has 0 spiro atoms. The molecule has 0 radical (unpaired) electrons. The number of hydrogen-bond donors (Lipinski definition) is 1. The lowest BCUT2D eigenvalue weighted by Gasteiger charge is -2.25. The zero-order valence-electron chi connectivity index (χ0n) is 19.4. The molecule has 1 unspecified atom stereocenters. The normalized spacial score (nSPS) is 15.7. The number of anilines is 1. The minimum Gasteiger partial charge on any atom is -0.381 e. The van der Waals surface area contributed by atoms with Gasteiger partial charge in [-0.2, -0.15) is 13.2 Å². The zero-order valence-corrected chi connectivity index (χ0v) is 19.4. The predicted molar refractivity (Wildman–Crippen MR) is 127 cm³/mol. The molecule has 186 valence electrons. The molecule has 36 heavy (non-hydrogen) atoms. The molecule has 0 saturated carbocycles. The van der Waals surface area contributed by atoms with Gasteiger partial charge in [0.1, 0.15) is 18.0 Å². The minimum atomic E-state index is -4.60. The largest absolute Gasteiger partial charge is 0.451 e. The van der Waals surface area contributed by atoms with E-state index < -0.39 is 18.0 Å². The Labute approximate surface area is 204 Å². The van der Waals surface area contributed by atoms with Crippen molar-refractivity contribution in [2.75, 3.05) is 18.5 Å². The van der Waals surface area contributed by atoms with Crippen LogP contribution >= 0.6 is 0 Å². The fourth-order valence-corrected chi connectivity index (χ4v) is 4.44. The third kappa shape index (κ3) is 4.99. The number of aromatic nitrogens is 4. The molecule has 1 N–H and O–H groups in total. The number of ether oxygens (including phenoxy) is 1. The maximum absolute atomic E-state index is 13.6. The van der Waals surface area contributed by atoms with Crippen LogP contribution in [-0.2, 0) is 10.9 Å². The highest BCUT2D eigenvalue weighted by atomic mass is 19.4. The summed E-state index contributed by atoms with van der Waals surface area (Å²) in [7, 11) is 0. The third-order valence-electron chi connectivity index (χ3n) is 6.39. The number of fused-ring (bicyclic) bond motifs is 1. The van der Waals surface area contributed by atoms with Gasteiger partial charge in [-0.25, -0.2) is 24.3 Å². The second kappa shape index (κ2) is 9.77. The second-order valence-corrected chi connectivity index (χ2v) is 8.78. The van der Waals surface area contributed by atoms with Crippen LogP contribution in [-0.4, -0.2) is 33.1 Å². The molecular formula is C26H23F4N5O. The van der Waals surface area contributed by atoms with Crippen molar-refractivity contribution in [3.05, 3.63) is 77.9 Å². The Morgan fingerprint density at radius 2 is 1.64 bits per heavy atom. The average molecular weight is 497 g/mol. The topological polar surface area (TPSA) is 72.8 Å². The lowest BCUT2D eigenvalue weighted by Crippen LogP contribution is -2.15. The van der Waals surface area contributed by atoms with Crippen molar-refractivity contribution < 1.29 is 22.3 Å². The van der Waals surface area contributed by atoms with Crippen LogP contribution in [0.1, 0.15) is 48.7 Å². The van der Waals surface area contributed by atoms with Crippen molar-refractivity contribution >= 4 is 16.7 Å². The lowest BCUT2D eigenvalue weighted by molar-refractivity contribution is -0.145. The molecule has 10 heteroatoms. The Bertz CT molecular complexity index is 1350. The van der Waals surface area contributed by atoms with E-state index in [-0.39, 0.29) is 11.7 Å². The molecule has 0 amide bonds. The van der Waals surface area contributed by atoms with E-state index in [2.05, 4.69) is 31.3 Å². The minimum absolute atomic E-state index is 0.241. The van der Waals surface area contributed by atoms with Gasteiger partial charge in [0.05, 0.1) is 11.6 Å². The molecular weight excluding hydrogens is 474 g/mol. The number of alkyl halides is 3. The van der Waals surface area contributed by atoms with Crippen molar-refractivity contribution in [2.24, 2.45) is 0 Å². The van der Waals surface area contributed by atoms with E-state index in [0.717, 1.165) is 52.8 Å². The number of hydrogen-bond acceptors (Lipinski definition) is 6. The molecule has 0 aliphatic carbocycles. The van der Waals surface area contributed by atoms with Crippen LogP contribution in [0.4, 0.5) is 23.4 Å². The van der Waals surface area contributed by atoms with E-state index in [1.807, 2.05) is 6.07 Å². The van der Waals surface area contributed by atoms with Gasteiger partial charge in [-0.05, 0) is 66.6 Å². The van der Waals surface area contributed by atoms with E-state index >= 15 is 0 Å². The summed E-state index contributed by atoms with van der Waals surface area (Å²) in [6, 6.07) is 9.90. The van der Waals surface area contributed by atoms with Crippen LogP contribution in [0, 0.1) is 5.82 Å². The van der Waals surface area contributed by atoms with Crippen LogP contribution in [0.3, 0.4) is 0 Å². The molecule has 1 fully saturated rings. The highest BCUT2D eigenvalue weighted by Gasteiger charge is 2.34. The zero-order chi connectivity index (χ0) is 25.3. The molecule has 1 aliphatic rings. The van der Waals surface area contributed by atoms with E-state index in [4.69, 9.17) is 4.74 Å². The van der Waals surface area contributed by atoms with E-state index in [9.17, 15) is 17.6 Å². The van der Waals surface area contributed by atoms with Crippen LogP contribution < -0.4 is 5.32 Å². The summed E-state index contributed by atoms with van der Waals surface area (Å²) in [5.74, 6) is -0.728. The average Bonchev–Trinajstić information content (AvgIpc) is 2.89. The summed E-state index contributed by atoms with van der Waals surface area (Å²) >= 11 is 0. The van der Waals surface area contributed by atoms with Crippen molar-refractivity contribution in [1.29, 1.82) is 0 Å². The van der Waals surface area contributed by atoms with E-state index in [1.165, 1.54) is 18.5 Å². The number of nitrogens with one attached hydrogen (secondary N) is 1. The fourth-order valence-electron chi connectivity index (χ4n) is 4.44. The maximum atomic E-state index is 13.6. The van der Waals surface area contributed by atoms with Gasteiger partial charge in [-0.3, -0.25) is 0 Å². The molecule has 4 aromatic rings. The Hall–Kier alpha value is -3.66. The SMILES string of the molecule is CC(Nc1ncnc2c(C3CCOCC3)cc(-c3ccc(F)cc3)cc12)c1cnc(C(F)(F)F)nc1. The molecule has 1 atom stereocenters. The van der Waals surface area contributed by atoms with Crippen LogP contribution in [0.25, 0.3) is 22.0 Å². The number of benzene rings is 2. The summed E-state index contributed by atoms with van der Waals surface area (Å²) in [4.78, 5) is 15.9. The van der Waals surface area contributed by atoms with Gasteiger partial charge in [0.2, 0.25) is 5.82 Å². The van der Waals surface area contributed by atoms with Gasteiger partial charge in [-0.15, -0.1) is 0 Å². The first-order valence-corrected chi connectivity index (χ1v) is 11.6. The van der Waals surface area contributed by atoms with Gasteiger partial charge in [0.15, 0.2) is 0 Å². The van der Waals surface area contributed by atoms with Crippen LogP contribution in [0.5, 0.6) is 0 Å². The standard InChI is InChI=1S/C26H23F4N5O/c1-15(19-12-31-25(32-13-19)26(28,29)30)35-24-22-11-18(16-2-4-20(27)5-3-16)10-21(23(22)33-14-34-24)17-6-8-36-9-7-17/h2-5,10-15,17H,6-9H2,1H3,(H,33,34,35). The predicted octanol–water partition coefficient (Wildman–Crippen LogP) is 6.31. The molecule has 1 aliphatic heterocycles. The van der Waals surface area contributed by atoms with Crippen molar-refractivity contribution in [2.45, 2.75) is 37.9 Å². The number of halogens is 4. The molecule has 2 aromatic heterocycles. The molecule has 2 aromatic carbocycles. The first-order valence-electron chi connectivity index (χ1n) is 11.6. The fraction of sp³-hybridized carbons (Fsp3) is 0.308. The summed E-state index contributed by atoms with van der Waals surface area (Å²) in [5, 5.41) is 4.04. The maximum Gasteiger partial charge on any atom is 0.451 e. The van der Waals surface area contributed by atoms with Gasteiger partial charge >= 0.3 is 6.18 Å². The Balaban J connectivity index is 1.56. The summed E-state index contributed by atoms with van der Waals surface area (Å²) in [6.45, 7) is 3.12. The van der Waals surface area contributed by atoms with Crippen molar-refractivity contribution in [1.82, 2.24) is 19.9 Å². The van der Waals surface area contributed by atoms with Crippen LogP contribution in [0.15, 0.2) is 55.1 Å². The molecule has 3 heterocycles. The van der Waals surface area contributed by atoms with Gasteiger partial charge < -0.3 is 10.1 Å². The lowest BCUT2D eigenvalue weighted by atomic mass is 9.87. The molecule has 1 saturated heterocycles. The molecule has 5 rings (SSSR count). The van der Waals surface area contributed by atoms with Crippen molar-refractivity contribution in [3.8, 4) is 11.1 Å². The van der Waals surface area contributed by atoms with Crippen LogP contribution in [0.2, 0.25) is 0 Å². The summed E-state index contributed by atoms with van der Waals surface area (Å²) in [6.07, 6.45) is 0.904. The van der Waals surface area contributed by atoms with E-state index in [0.29, 0.717) is 24.6 Å². The number of nitrogens with zero attached hydrogens (tertiary/aromatic N) is 4. The van der Waals surface area contributed by atoms with Gasteiger partial charge in [0.25, 0.3) is 0 Å². The van der Waals surface area contributed by atoms with Crippen molar-refractivity contribution in [3.63, 3.8) is 0 Å². The Kier molecular flexibility index (Phi) is 6.53. The van der Waals surface area contributed by atoms with E-state index in [1.54, 1.807) is 19.1 Å². The molecule has 6 nitrogen and oxygen atoms in total. The quantitative estimate of drug-likeness (QED) is 0.326. The number of rotatable bonds is 5. The highest BCUT2D eigenvalue weighted by molar-refractivity contribution is 5.95. The first-order chi connectivity index (χ1) is 17.3. The second-order valence-electron chi connectivity index (χ2n) is 8.78. The van der Waals surface area contributed by atoms with Gasteiger partial charge in [-0.1, -0.05) is 12.1 Å². The monoisotopic (exact) mass is 497 g/mol. The summed E-state index contributed by atoms with van der Waals surface area (Å²) in [5.41, 5.74) is 4.08. The Morgan fingerprint density at radius 1 is 0.944 bits per heavy atom. The summed E-state index contributed by atoms with van der Waals surface area (Å²) < 4.78 is 57.7.